The molecule has 0 saturated carbocycles. The first-order chi connectivity index (χ1) is 14.1. The number of carbonyl (C=O) groups is 3. The van der Waals surface area contributed by atoms with Gasteiger partial charge in [-0.25, -0.2) is 13.2 Å². The number of nitrogens with zero attached hydrogens (tertiary/aromatic N) is 1. The molecular formula is C20H29N3O6S. The summed E-state index contributed by atoms with van der Waals surface area (Å²) >= 11 is 0. The molecule has 0 aromatic heterocycles. The fourth-order valence-corrected chi connectivity index (χ4v) is 4.84. The van der Waals surface area contributed by atoms with E-state index in [0.29, 0.717) is 24.9 Å². The third-order valence-corrected chi connectivity index (χ3v) is 7.33. The lowest BCUT2D eigenvalue weighted by molar-refractivity contribution is -0.144. The molecule has 0 spiro atoms. The van der Waals surface area contributed by atoms with Crippen LogP contribution in [0.3, 0.4) is 0 Å². The minimum atomic E-state index is -3.72. The number of anilines is 1. The number of hydrogen-bond acceptors (Lipinski definition) is 5. The van der Waals surface area contributed by atoms with E-state index >= 15 is 0 Å². The maximum atomic E-state index is 12.9. The second-order valence-corrected chi connectivity index (χ2v) is 9.53. The van der Waals surface area contributed by atoms with E-state index in [9.17, 15) is 27.9 Å². The van der Waals surface area contributed by atoms with Crippen LogP contribution in [-0.2, 0) is 24.4 Å². The molecular weight excluding hydrogens is 410 g/mol. The van der Waals surface area contributed by atoms with Gasteiger partial charge in [0, 0.05) is 31.6 Å². The quantitative estimate of drug-likeness (QED) is 0.564. The Balaban J connectivity index is 1.99. The molecule has 1 fully saturated rings. The Kier molecular flexibility index (Phi) is 7.96. The number of sulfonamides is 1. The minimum absolute atomic E-state index is 0.113. The molecule has 0 aliphatic carbocycles. The monoisotopic (exact) mass is 439 g/mol. The van der Waals surface area contributed by atoms with Crippen LogP contribution in [0.2, 0.25) is 0 Å². The highest BCUT2D eigenvalue weighted by atomic mass is 32.2. The summed E-state index contributed by atoms with van der Waals surface area (Å²) in [6, 6.07) is 4.96. The molecule has 1 aliphatic rings. The summed E-state index contributed by atoms with van der Waals surface area (Å²) in [4.78, 5) is 35.1. The number of carboxylic acids is 1. The van der Waals surface area contributed by atoms with Gasteiger partial charge in [0.05, 0.1) is 4.90 Å². The predicted octanol–water partition coefficient (Wildman–Crippen LogP) is 1.66. The third-order valence-electron chi connectivity index (χ3n) is 5.41. The predicted molar refractivity (Wildman–Crippen MR) is 111 cm³/mol. The highest BCUT2D eigenvalue weighted by Gasteiger charge is 2.34. The van der Waals surface area contributed by atoms with Crippen molar-refractivity contribution in [3.05, 3.63) is 24.3 Å². The molecule has 166 valence electrons. The van der Waals surface area contributed by atoms with E-state index in [1.807, 2.05) is 6.92 Å². The molecule has 30 heavy (non-hydrogen) atoms. The Morgan fingerprint density at radius 1 is 1.17 bits per heavy atom. The average molecular weight is 440 g/mol. The van der Waals surface area contributed by atoms with Gasteiger partial charge in [-0.2, -0.15) is 4.31 Å². The number of amides is 2. The number of rotatable bonds is 8. The largest absolute Gasteiger partial charge is 0.480 e. The number of nitrogens with one attached hydrogen (secondary N) is 2. The fourth-order valence-electron chi connectivity index (χ4n) is 3.38. The van der Waals surface area contributed by atoms with Crippen LogP contribution in [0.25, 0.3) is 0 Å². The lowest BCUT2D eigenvalue weighted by Crippen LogP contribution is -2.49. The minimum Gasteiger partial charge on any atom is -0.480 e. The van der Waals surface area contributed by atoms with Crippen LogP contribution in [0.4, 0.5) is 5.69 Å². The van der Waals surface area contributed by atoms with Crippen molar-refractivity contribution >= 4 is 33.5 Å². The van der Waals surface area contributed by atoms with Crippen LogP contribution in [0.15, 0.2) is 29.2 Å². The molecule has 10 heteroatoms. The highest BCUT2D eigenvalue weighted by molar-refractivity contribution is 7.89. The Hall–Kier alpha value is -2.46. The van der Waals surface area contributed by atoms with E-state index < -0.39 is 28.0 Å². The van der Waals surface area contributed by atoms with E-state index in [4.69, 9.17) is 0 Å². The van der Waals surface area contributed by atoms with Crippen molar-refractivity contribution in [2.75, 3.05) is 18.4 Å². The molecule has 1 heterocycles. The summed E-state index contributed by atoms with van der Waals surface area (Å²) in [6.07, 6.45) is 1.26. The summed E-state index contributed by atoms with van der Waals surface area (Å²) in [6.45, 7) is 5.35. The van der Waals surface area contributed by atoms with Gasteiger partial charge in [-0.15, -0.1) is 0 Å². The van der Waals surface area contributed by atoms with E-state index in [2.05, 4.69) is 10.6 Å². The van der Waals surface area contributed by atoms with Crippen molar-refractivity contribution in [1.29, 1.82) is 0 Å². The molecule has 0 bridgehead atoms. The zero-order chi connectivity index (χ0) is 22.5. The molecule has 1 aromatic rings. The number of benzene rings is 1. The summed E-state index contributed by atoms with van der Waals surface area (Å²) in [7, 11) is -3.72. The SMILES string of the molecule is CCC(C)[C@H](NC(=O)C1CCN(S(=O)(=O)c2ccc(NC(C)=O)cc2)CC1)C(=O)O. The molecule has 0 radical (unpaired) electrons. The van der Waals surface area contributed by atoms with Crippen molar-refractivity contribution in [2.45, 2.75) is 51.0 Å². The van der Waals surface area contributed by atoms with Gasteiger partial charge >= 0.3 is 5.97 Å². The van der Waals surface area contributed by atoms with Crippen LogP contribution in [0.5, 0.6) is 0 Å². The van der Waals surface area contributed by atoms with E-state index in [1.54, 1.807) is 6.92 Å². The lowest BCUT2D eigenvalue weighted by atomic mass is 9.94. The Morgan fingerprint density at radius 3 is 2.20 bits per heavy atom. The number of piperidine rings is 1. The zero-order valence-electron chi connectivity index (χ0n) is 17.4. The number of carbonyl (C=O) groups excluding carboxylic acids is 2. The maximum absolute atomic E-state index is 12.9. The van der Waals surface area contributed by atoms with Gasteiger partial charge in [-0.3, -0.25) is 9.59 Å². The van der Waals surface area contributed by atoms with E-state index in [1.165, 1.54) is 35.5 Å². The molecule has 2 atom stereocenters. The molecule has 2 rings (SSSR count). The Labute approximate surface area is 176 Å². The van der Waals surface area contributed by atoms with Gasteiger partial charge in [0.2, 0.25) is 21.8 Å². The number of hydrogen-bond donors (Lipinski definition) is 3. The summed E-state index contributed by atoms with van der Waals surface area (Å²) in [5.41, 5.74) is 0.506. The molecule has 3 N–H and O–H groups in total. The standard InChI is InChI=1S/C20H29N3O6S/c1-4-13(2)18(20(26)27)22-19(25)15-9-11-23(12-10-15)30(28,29)17-7-5-16(6-8-17)21-14(3)24/h5-8,13,15,18H,4,9-12H2,1-3H3,(H,21,24)(H,22,25)(H,26,27)/t13?,18-/m0/s1. The van der Waals surface area contributed by atoms with E-state index in [-0.39, 0.29) is 35.7 Å². The van der Waals surface area contributed by atoms with Crippen LogP contribution in [0, 0.1) is 11.8 Å². The summed E-state index contributed by atoms with van der Waals surface area (Å²) < 4.78 is 27.0. The van der Waals surface area contributed by atoms with Crippen LogP contribution >= 0.6 is 0 Å². The van der Waals surface area contributed by atoms with Crippen LogP contribution < -0.4 is 10.6 Å². The fraction of sp³-hybridized carbons (Fsp3) is 0.550. The average Bonchev–Trinajstić information content (AvgIpc) is 2.71. The number of carboxylic acid groups (broad SMARTS) is 1. The maximum Gasteiger partial charge on any atom is 0.326 e. The van der Waals surface area contributed by atoms with Crippen molar-refractivity contribution in [3.63, 3.8) is 0 Å². The topological polar surface area (TPSA) is 133 Å². The second-order valence-electron chi connectivity index (χ2n) is 7.59. The second kappa shape index (κ2) is 10.0. The molecule has 1 saturated heterocycles. The first-order valence-electron chi connectivity index (χ1n) is 9.97. The molecule has 1 aromatic carbocycles. The highest BCUT2D eigenvalue weighted by Crippen LogP contribution is 2.25. The first-order valence-corrected chi connectivity index (χ1v) is 11.4. The number of aliphatic carboxylic acids is 1. The van der Waals surface area contributed by atoms with Crippen molar-refractivity contribution in [1.82, 2.24) is 9.62 Å². The van der Waals surface area contributed by atoms with Crippen molar-refractivity contribution in [2.24, 2.45) is 11.8 Å². The molecule has 1 aliphatic heterocycles. The van der Waals surface area contributed by atoms with Crippen molar-refractivity contribution in [3.8, 4) is 0 Å². The summed E-state index contributed by atoms with van der Waals surface area (Å²) in [5.74, 6) is -2.29. The van der Waals surface area contributed by atoms with Gasteiger partial charge in [0.15, 0.2) is 0 Å². The van der Waals surface area contributed by atoms with Gasteiger partial charge in [0.25, 0.3) is 0 Å². The normalized spacial score (nSPS) is 17.7. The van der Waals surface area contributed by atoms with Crippen LogP contribution in [0.1, 0.15) is 40.0 Å². The van der Waals surface area contributed by atoms with Gasteiger partial charge < -0.3 is 15.7 Å². The smallest absolute Gasteiger partial charge is 0.326 e. The lowest BCUT2D eigenvalue weighted by Gasteiger charge is -2.31. The first kappa shape index (κ1) is 23.8. The van der Waals surface area contributed by atoms with Gasteiger partial charge in [0.1, 0.15) is 6.04 Å². The Bertz CT molecular complexity index is 876. The zero-order valence-corrected chi connectivity index (χ0v) is 18.2. The summed E-state index contributed by atoms with van der Waals surface area (Å²) in [5, 5.41) is 14.5. The molecule has 9 nitrogen and oxygen atoms in total. The van der Waals surface area contributed by atoms with Crippen LogP contribution in [-0.4, -0.2) is 54.7 Å². The molecule has 2 amide bonds. The van der Waals surface area contributed by atoms with Crippen molar-refractivity contribution < 1.29 is 27.9 Å². The Morgan fingerprint density at radius 2 is 1.73 bits per heavy atom. The van der Waals surface area contributed by atoms with E-state index in [0.717, 1.165) is 0 Å². The van der Waals surface area contributed by atoms with Gasteiger partial charge in [-0.1, -0.05) is 20.3 Å². The van der Waals surface area contributed by atoms with Gasteiger partial charge in [-0.05, 0) is 43.0 Å². The third kappa shape index (κ3) is 5.79. The molecule has 1 unspecified atom stereocenters.